The smallest absolute Gasteiger partial charge is 0.252 e. The molecule has 21 heavy (non-hydrogen) atoms. The van der Waals surface area contributed by atoms with E-state index in [4.69, 9.17) is 0 Å². The molecule has 110 valence electrons. The Morgan fingerprint density at radius 3 is 3.00 bits per heavy atom. The highest BCUT2D eigenvalue weighted by molar-refractivity contribution is 6.00. The number of carbonyl (C=O) groups is 1. The van der Waals surface area contributed by atoms with Crippen molar-refractivity contribution in [2.75, 3.05) is 13.1 Å². The van der Waals surface area contributed by atoms with Gasteiger partial charge in [-0.1, -0.05) is 18.2 Å². The van der Waals surface area contributed by atoms with Crippen LogP contribution >= 0.6 is 0 Å². The van der Waals surface area contributed by atoms with Crippen LogP contribution in [-0.4, -0.2) is 56.9 Å². The fourth-order valence-corrected chi connectivity index (χ4v) is 2.41. The van der Waals surface area contributed by atoms with Crippen molar-refractivity contribution in [2.45, 2.75) is 18.6 Å². The van der Waals surface area contributed by atoms with Crippen LogP contribution < -0.4 is 10.6 Å². The summed E-state index contributed by atoms with van der Waals surface area (Å²) in [5, 5.41) is 29.5. The maximum Gasteiger partial charge on any atom is 0.252 e. The highest BCUT2D eigenvalue weighted by Gasteiger charge is 2.25. The molecule has 0 radical (unpaired) electrons. The summed E-state index contributed by atoms with van der Waals surface area (Å²) < 4.78 is 0. The number of H-pyrrole nitrogens is 1. The SMILES string of the molecule is O=C(N[C@@H]1CCNC[C@H]1O)c1ccccc1-c1nn[nH]n1. The maximum atomic E-state index is 12.4. The third kappa shape index (κ3) is 2.91. The van der Waals surface area contributed by atoms with Gasteiger partial charge in [0.05, 0.1) is 17.7 Å². The summed E-state index contributed by atoms with van der Waals surface area (Å²) in [6.45, 7) is 1.26. The van der Waals surface area contributed by atoms with E-state index in [0.717, 1.165) is 6.54 Å². The van der Waals surface area contributed by atoms with Gasteiger partial charge in [-0.25, -0.2) is 0 Å². The summed E-state index contributed by atoms with van der Waals surface area (Å²) >= 11 is 0. The Morgan fingerprint density at radius 2 is 2.24 bits per heavy atom. The zero-order valence-electron chi connectivity index (χ0n) is 11.3. The third-order valence-electron chi connectivity index (χ3n) is 3.52. The molecule has 3 rings (SSSR count). The summed E-state index contributed by atoms with van der Waals surface area (Å²) in [5.74, 6) is 0.118. The highest BCUT2D eigenvalue weighted by atomic mass is 16.3. The molecule has 1 aromatic heterocycles. The first-order valence-electron chi connectivity index (χ1n) is 6.78. The first kappa shape index (κ1) is 13.7. The number of aromatic amines is 1. The molecule has 8 nitrogen and oxygen atoms in total. The lowest BCUT2D eigenvalue weighted by atomic mass is 10.0. The minimum absolute atomic E-state index is 0.249. The van der Waals surface area contributed by atoms with Crippen molar-refractivity contribution >= 4 is 5.91 Å². The molecule has 1 saturated heterocycles. The van der Waals surface area contributed by atoms with E-state index in [1.807, 2.05) is 6.07 Å². The zero-order valence-corrected chi connectivity index (χ0v) is 11.3. The molecule has 2 aromatic rings. The minimum Gasteiger partial charge on any atom is -0.390 e. The molecule has 8 heteroatoms. The summed E-state index contributed by atoms with van der Waals surface area (Å²) in [5.41, 5.74) is 1.07. The van der Waals surface area contributed by atoms with Gasteiger partial charge < -0.3 is 15.7 Å². The second-order valence-corrected chi connectivity index (χ2v) is 4.92. The normalized spacial score (nSPS) is 22.0. The number of carbonyl (C=O) groups excluding carboxylic acids is 1. The number of β-amino-alcohol motifs (C(OH)–C–C–N with tert-alkyl or cyclic N) is 1. The number of nitrogens with zero attached hydrogens (tertiary/aromatic N) is 3. The predicted octanol–water partition coefficient (Wildman–Crippen LogP) is -0.681. The van der Waals surface area contributed by atoms with Crippen molar-refractivity contribution in [3.63, 3.8) is 0 Å². The lowest BCUT2D eigenvalue weighted by molar-refractivity contribution is 0.0766. The largest absolute Gasteiger partial charge is 0.390 e. The zero-order chi connectivity index (χ0) is 14.7. The van der Waals surface area contributed by atoms with Gasteiger partial charge in [-0.3, -0.25) is 4.79 Å². The van der Waals surface area contributed by atoms with E-state index >= 15 is 0 Å². The quantitative estimate of drug-likeness (QED) is 0.594. The number of aliphatic hydroxyl groups excluding tert-OH is 1. The number of aliphatic hydroxyl groups is 1. The van der Waals surface area contributed by atoms with Crippen molar-refractivity contribution in [1.82, 2.24) is 31.3 Å². The number of hydrogen-bond donors (Lipinski definition) is 4. The van der Waals surface area contributed by atoms with E-state index in [1.165, 1.54) is 0 Å². The molecule has 0 spiro atoms. The standard InChI is InChI=1S/C13H16N6O2/c20-11-7-14-6-5-10(11)15-13(21)9-4-2-1-3-8(9)12-16-18-19-17-12/h1-4,10-11,14,20H,5-7H2,(H,15,21)(H,16,17,18,19)/t10-,11-/m1/s1. The molecule has 1 amide bonds. The molecule has 1 aromatic carbocycles. The average molecular weight is 288 g/mol. The Kier molecular flexibility index (Phi) is 3.89. The highest BCUT2D eigenvalue weighted by Crippen LogP contribution is 2.19. The molecule has 1 aliphatic rings. The Labute approximate surface area is 121 Å². The summed E-state index contributed by atoms with van der Waals surface area (Å²) in [6.07, 6.45) is 0.108. The van der Waals surface area contributed by atoms with Crippen LogP contribution in [0, 0.1) is 0 Å². The van der Waals surface area contributed by atoms with Crippen molar-refractivity contribution in [1.29, 1.82) is 0 Å². The molecule has 4 N–H and O–H groups in total. The minimum atomic E-state index is -0.583. The number of hydrogen-bond acceptors (Lipinski definition) is 6. The lowest BCUT2D eigenvalue weighted by Gasteiger charge is -2.29. The number of aromatic nitrogens is 4. The van der Waals surface area contributed by atoms with Crippen LogP contribution in [0.3, 0.4) is 0 Å². The summed E-state index contributed by atoms with van der Waals surface area (Å²) in [6, 6.07) is 6.80. The second kappa shape index (κ2) is 5.98. The van der Waals surface area contributed by atoms with Crippen LogP contribution in [0.25, 0.3) is 11.4 Å². The maximum absolute atomic E-state index is 12.4. The van der Waals surface area contributed by atoms with Gasteiger partial charge in [0, 0.05) is 12.1 Å². The molecule has 2 heterocycles. The molecule has 2 atom stereocenters. The van der Waals surface area contributed by atoms with Gasteiger partial charge >= 0.3 is 0 Å². The first-order valence-corrected chi connectivity index (χ1v) is 6.78. The summed E-state index contributed by atoms with van der Waals surface area (Å²) in [7, 11) is 0. The Hall–Kier alpha value is -2.32. The molecule has 0 bridgehead atoms. The van der Waals surface area contributed by atoms with Crippen LogP contribution in [0.15, 0.2) is 24.3 Å². The van der Waals surface area contributed by atoms with Crippen molar-refractivity contribution in [3.05, 3.63) is 29.8 Å². The van der Waals surface area contributed by atoms with Gasteiger partial charge in [0.2, 0.25) is 5.82 Å². The number of rotatable bonds is 3. The van der Waals surface area contributed by atoms with E-state index in [2.05, 4.69) is 31.3 Å². The number of piperidine rings is 1. The Bertz CT molecular complexity index is 615. The van der Waals surface area contributed by atoms with E-state index in [-0.39, 0.29) is 11.9 Å². The lowest BCUT2D eigenvalue weighted by Crippen LogP contribution is -2.52. The van der Waals surface area contributed by atoms with Gasteiger partial charge in [-0.2, -0.15) is 5.21 Å². The van der Waals surface area contributed by atoms with Gasteiger partial charge in [0.1, 0.15) is 0 Å². The van der Waals surface area contributed by atoms with Gasteiger partial charge in [0.25, 0.3) is 5.91 Å². The Morgan fingerprint density at radius 1 is 1.38 bits per heavy atom. The van der Waals surface area contributed by atoms with Gasteiger partial charge in [-0.05, 0) is 24.2 Å². The predicted molar refractivity (Wildman–Crippen MR) is 74.4 cm³/mol. The van der Waals surface area contributed by atoms with Crippen LogP contribution in [-0.2, 0) is 0 Å². The molecular weight excluding hydrogens is 272 g/mol. The van der Waals surface area contributed by atoms with Crippen LogP contribution in [0.5, 0.6) is 0 Å². The molecule has 1 aliphatic heterocycles. The number of benzene rings is 1. The first-order chi connectivity index (χ1) is 10.3. The second-order valence-electron chi connectivity index (χ2n) is 4.92. The number of tetrazole rings is 1. The van der Waals surface area contributed by atoms with Gasteiger partial charge in [0.15, 0.2) is 0 Å². The van der Waals surface area contributed by atoms with E-state index in [0.29, 0.717) is 29.9 Å². The van der Waals surface area contributed by atoms with E-state index in [1.54, 1.807) is 18.2 Å². The fraction of sp³-hybridized carbons (Fsp3) is 0.385. The van der Waals surface area contributed by atoms with Crippen molar-refractivity contribution < 1.29 is 9.90 Å². The van der Waals surface area contributed by atoms with E-state index < -0.39 is 6.10 Å². The monoisotopic (exact) mass is 288 g/mol. The average Bonchev–Trinajstić information content (AvgIpc) is 3.04. The van der Waals surface area contributed by atoms with Crippen LogP contribution in [0.2, 0.25) is 0 Å². The van der Waals surface area contributed by atoms with Crippen molar-refractivity contribution in [3.8, 4) is 11.4 Å². The topological polar surface area (TPSA) is 116 Å². The third-order valence-corrected chi connectivity index (χ3v) is 3.52. The molecule has 0 unspecified atom stereocenters. The molecule has 0 aliphatic carbocycles. The van der Waals surface area contributed by atoms with E-state index in [9.17, 15) is 9.90 Å². The fourth-order valence-electron chi connectivity index (χ4n) is 2.41. The van der Waals surface area contributed by atoms with Crippen LogP contribution in [0.1, 0.15) is 16.8 Å². The van der Waals surface area contributed by atoms with Gasteiger partial charge in [-0.15, -0.1) is 10.2 Å². The number of nitrogens with one attached hydrogen (secondary N) is 3. The molecule has 0 saturated carbocycles. The van der Waals surface area contributed by atoms with Crippen LogP contribution in [0.4, 0.5) is 0 Å². The summed E-state index contributed by atoms with van der Waals surface area (Å²) in [4.78, 5) is 12.4. The molecule has 1 fully saturated rings. The van der Waals surface area contributed by atoms with Crippen molar-refractivity contribution in [2.24, 2.45) is 0 Å². The molecular formula is C13H16N6O2. The Balaban J connectivity index is 1.82. The number of amides is 1.